The molecule has 2 rings (SSSR count). The molecule has 1 saturated heterocycles. The van der Waals surface area contributed by atoms with E-state index >= 15 is 0 Å². The Kier molecular flexibility index (Phi) is 5.06. The molecule has 0 aromatic heterocycles. The van der Waals surface area contributed by atoms with Crippen LogP contribution in [0.15, 0.2) is 24.3 Å². The van der Waals surface area contributed by atoms with Crippen molar-refractivity contribution >= 4 is 22.9 Å². The molecule has 0 aliphatic carbocycles. The van der Waals surface area contributed by atoms with Gasteiger partial charge in [0.1, 0.15) is 6.54 Å². The van der Waals surface area contributed by atoms with Crippen LogP contribution >= 0.6 is 11.8 Å². The van der Waals surface area contributed by atoms with Crippen LogP contribution in [-0.4, -0.2) is 34.9 Å². The molecule has 1 aliphatic rings. The van der Waals surface area contributed by atoms with Crippen LogP contribution in [0, 0.1) is 6.92 Å². The van der Waals surface area contributed by atoms with Crippen LogP contribution in [0.5, 0.6) is 0 Å². The first kappa shape index (κ1) is 14.9. The van der Waals surface area contributed by atoms with E-state index in [1.807, 2.05) is 38.1 Å². The number of nitrogens with one attached hydrogen (secondary N) is 1. The normalized spacial score (nSPS) is 16.3. The minimum absolute atomic E-state index is 0.00327. The fourth-order valence-electron chi connectivity index (χ4n) is 2.20. The molecule has 2 amide bonds. The van der Waals surface area contributed by atoms with E-state index in [-0.39, 0.29) is 23.7 Å². The van der Waals surface area contributed by atoms with E-state index in [4.69, 9.17) is 0 Å². The maximum Gasteiger partial charge on any atom is 0.282 e. The maximum atomic E-state index is 12.0. The lowest BCUT2D eigenvalue weighted by Gasteiger charge is -2.20. The standard InChI is InChI=1S/C15H20N2O2S/c1-3-13(12-6-4-11(2)5-7-12)16-14(18)10-17-8-9-20-15(17)19/h4-7,13H,3,8-10H2,1-2H3,(H,16,18). The Labute approximate surface area is 123 Å². The lowest BCUT2D eigenvalue weighted by molar-refractivity contribution is -0.122. The highest BCUT2D eigenvalue weighted by Crippen LogP contribution is 2.19. The zero-order valence-corrected chi connectivity index (χ0v) is 12.7. The van der Waals surface area contributed by atoms with Gasteiger partial charge in [0.25, 0.3) is 5.24 Å². The van der Waals surface area contributed by atoms with E-state index in [0.29, 0.717) is 6.54 Å². The van der Waals surface area contributed by atoms with Gasteiger partial charge >= 0.3 is 0 Å². The van der Waals surface area contributed by atoms with Crippen molar-refractivity contribution in [3.63, 3.8) is 0 Å². The average Bonchev–Trinajstić information content (AvgIpc) is 2.83. The quantitative estimate of drug-likeness (QED) is 0.908. The summed E-state index contributed by atoms with van der Waals surface area (Å²) in [4.78, 5) is 25.1. The van der Waals surface area contributed by atoms with E-state index in [1.165, 1.54) is 17.3 Å². The fourth-order valence-corrected chi connectivity index (χ4v) is 3.03. The molecule has 1 atom stereocenters. The Morgan fingerprint density at radius 3 is 2.65 bits per heavy atom. The highest BCUT2D eigenvalue weighted by Gasteiger charge is 2.24. The highest BCUT2D eigenvalue weighted by atomic mass is 32.2. The summed E-state index contributed by atoms with van der Waals surface area (Å²) in [5, 5.41) is 3.01. The predicted octanol–water partition coefficient (Wildman–Crippen LogP) is 2.73. The molecule has 1 unspecified atom stereocenters. The maximum absolute atomic E-state index is 12.0. The van der Waals surface area contributed by atoms with Crippen molar-refractivity contribution in [1.82, 2.24) is 10.2 Å². The number of nitrogens with zero attached hydrogens (tertiary/aromatic N) is 1. The van der Waals surface area contributed by atoms with Crippen LogP contribution in [0.4, 0.5) is 4.79 Å². The predicted molar refractivity (Wildman–Crippen MR) is 81.8 cm³/mol. The summed E-state index contributed by atoms with van der Waals surface area (Å²) in [6, 6.07) is 8.19. The summed E-state index contributed by atoms with van der Waals surface area (Å²) in [5.41, 5.74) is 2.31. The number of carbonyl (C=O) groups excluding carboxylic acids is 2. The summed E-state index contributed by atoms with van der Waals surface area (Å²) in [6.07, 6.45) is 0.831. The second-order valence-electron chi connectivity index (χ2n) is 4.97. The number of aryl methyl sites for hydroxylation is 1. The van der Waals surface area contributed by atoms with Crippen LogP contribution in [0.3, 0.4) is 0 Å². The Hall–Kier alpha value is -1.49. The van der Waals surface area contributed by atoms with Crippen molar-refractivity contribution in [3.05, 3.63) is 35.4 Å². The first-order valence-corrected chi connectivity index (χ1v) is 7.86. The topological polar surface area (TPSA) is 49.4 Å². The van der Waals surface area contributed by atoms with Crippen molar-refractivity contribution in [2.45, 2.75) is 26.3 Å². The van der Waals surface area contributed by atoms with Gasteiger partial charge in [-0.05, 0) is 18.9 Å². The second kappa shape index (κ2) is 6.79. The molecule has 5 heteroatoms. The summed E-state index contributed by atoms with van der Waals surface area (Å²) >= 11 is 1.28. The van der Waals surface area contributed by atoms with Crippen molar-refractivity contribution in [2.24, 2.45) is 0 Å². The summed E-state index contributed by atoms with van der Waals surface area (Å²) in [7, 11) is 0. The third-order valence-corrected chi connectivity index (χ3v) is 4.29. The number of benzene rings is 1. The minimum atomic E-state index is -0.0896. The second-order valence-corrected chi connectivity index (χ2v) is 6.02. The van der Waals surface area contributed by atoms with Crippen LogP contribution < -0.4 is 5.32 Å². The van der Waals surface area contributed by atoms with Gasteiger partial charge in [0, 0.05) is 12.3 Å². The molecule has 0 spiro atoms. The molecule has 0 radical (unpaired) electrons. The molecule has 20 heavy (non-hydrogen) atoms. The zero-order chi connectivity index (χ0) is 14.5. The molecule has 1 fully saturated rings. The van der Waals surface area contributed by atoms with Gasteiger partial charge in [-0.2, -0.15) is 0 Å². The molecule has 0 saturated carbocycles. The van der Waals surface area contributed by atoms with Crippen molar-refractivity contribution in [2.75, 3.05) is 18.8 Å². The lowest BCUT2D eigenvalue weighted by atomic mass is 10.0. The van der Waals surface area contributed by atoms with Crippen molar-refractivity contribution in [3.8, 4) is 0 Å². The smallest absolute Gasteiger partial charge is 0.282 e. The third-order valence-electron chi connectivity index (χ3n) is 3.40. The van der Waals surface area contributed by atoms with Crippen molar-refractivity contribution < 1.29 is 9.59 Å². The van der Waals surface area contributed by atoms with Crippen molar-refractivity contribution in [1.29, 1.82) is 0 Å². The Balaban J connectivity index is 1.94. The number of amides is 2. The Morgan fingerprint density at radius 1 is 1.40 bits per heavy atom. The first-order valence-electron chi connectivity index (χ1n) is 6.87. The largest absolute Gasteiger partial charge is 0.348 e. The van der Waals surface area contributed by atoms with Gasteiger partial charge in [0.15, 0.2) is 0 Å². The summed E-state index contributed by atoms with van der Waals surface area (Å²) in [6.45, 7) is 4.91. The fraction of sp³-hybridized carbons (Fsp3) is 0.467. The van der Waals surface area contributed by atoms with Gasteiger partial charge in [-0.1, -0.05) is 48.5 Å². The van der Waals surface area contributed by atoms with Gasteiger partial charge in [-0.25, -0.2) is 0 Å². The van der Waals surface area contributed by atoms with E-state index in [2.05, 4.69) is 5.32 Å². The number of hydrogen-bond acceptors (Lipinski definition) is 3. The number of rotatable bonds is 5. The van der Waals surface area contributed by atoms with Gasteiger partial charge in [-0.3, -0.25) is 9.59 Å². The van der Waals surface area contributed by atoms with Gasteiger partial charge < -0.3 is 10.2 Å². The summed E-state index contributed by atoms with van der Waals surface area (Å²) in [5.74, 6) is 0.689. The number of thioether (sulfide) groups is 1. The SMILES string of the molecule is CCC(NC(=O)CN1CCSC1=O)c1ccc(C)cc1. The van der Waals surface area contributed by atoms with Gasteiger partial charge in [0.05, 0.1) is 6.04 Å². The molecule has 1 aliphatic heterocycles. The molecule has 108 valence electrons. The molecule has 1 N–H and O–H groups in total. The Morgan fingerprint density at radius 2 is 2.10 bits per heavy atom. The van der Waals surface area contributed by atoms with Crippen LogP contribution in [0.2, 0.25) is 0 Å². The monoisotopic (exact) mass is 292 g/mol. The number of hydrogen-bond donors (Lipinski definition) is 1. The average molecular weight is 292 g/mol. The van der Waals surface area contributed by atoms with E-state index in [1.54, 1.807) is 4.90 Å². The highest BCUT2D eigenvalue weighted by molar-refractivity contribution is 8.13. The third kappa shape index (κ3) is 3.76. The molecule has 1 heterocycles. The van der Waals surface area contributed by atoms with Crippen LogP contribution in [-0.2, 0) is 4.79 Å². The van der Waals surface area contributed by atoms with Gasteiger partial charge in [0.2, 0.25) is 5.91 Å². The molecular weight excluding hydrogens is 272 g/mol. The molecule has 1 aromatic rings. The van der Waals surface area contributed by atoms with E-state index in [0.717, 1.165) is 17.7 Å². The molecule has 4 nitrogen and oxygen atoms in total. The Bertz CT molecular complexity index is 487. The first-order chi connectivity index (χ1) is 9.60. The minimum Gasteiger partial charge on any atom is -0.348 e. The molecular formula is C15H20N2O2S. The molecule has 1 aromatic carbocycles. The molecule has 0 bridgehead atoms. The zero-order valence-electron chi connectivity index (χ0n) is 11.9. The van der Waals surface area contributed by atoms with Gasteiger partial charge in [-0.15, -0.1) is 0 Å². The summed E-state index contributed by atoms with van der Waals surface area (Å²) < 4.78 is 0. The number of carbonyl (C=O) groups is 2. The van der Waals surface area contributed by atoms with E-state index in [9.17, 15) is 9.59 Å². The van der Waals surface area contributed by atoms with E-state index < -0.39 is 0 Å². The van der Waals surface area contributed by atoms with Crippen LogP contribution in [0.1, 0.15) is 30.5 Å². The van der Waals surface area contributed by atoms with Crippen LogP contribution in [0.25, 0.3) is 0 Å². The lowest BCUT2D eigenvalue weighted by Crippen LogP contribution is -2.38.